The lowest BCUT2D eigenvalue weighted by Crippen LogP contribution is -2.50. The van der Waals surface area contributed by atoms with Gasteiger partial charge in [-0.15, -0.1) is 0 Å². The lowest BCUT2D eigenvalue weighted by atomic mass is 9.83. The number of benzene rings is 1. The first-order chi connectivity index (χ1) is 10.8. The predicted octanol–water partition coefficient (Wildman–Crippen LogP) is 6.24. The van der Waals surface area contributed by atoms with E-state index in [1.165, 1.54) is 0 Å². The van der Waals surface area contributed by atoms with Gasteiger partial charge in [0.05, 0.1) is 5.56 Å². The van der Waals surface area contributed by atoms with Gasteiger partial charge in [-0.05, 0) is 45.8 Å². The van der Waals surface area contributed by atoms with E-state index in [0.29, 0.717) is 22.2 Å². The molecule has 0 saturated carbocycles. The third-order valence-corrected chi connectivity index (χ3v) is 11.0. The van der Waals surface area contributed by atoms with Gasteiger partial charge in [-0.25, -0.2) is 4.79 Å². The molecule has 0 aliphatic heterocycles. The second-order valence-electron chi connectivity index (χ2n) is 8.68. The molecule has 1 aromatic rings. The molecule has 0 atom stereocenters. The van der Waals surface area contributed by atoms with Crippen molar-refractivity contribution in [2.45, 2.75) is 84.4 Å². The minimum Gasteiger partial charge on any atom is -0.543 e. The van der Waals surface area contributed by atoms with Crippen molar-refractivity contribution in [2.75, 3.05) is 0 Å². The number of hydrogen-bond acceptors (Lipinski definition) is 2. The molecule has 0 fully saturated rings. The zero-order valence-electron chi connectivity index (χ0n) is 16.7. The third-order valence-electron chi connectivity index (χ3n) is 5.03. The van der Waals surface area contributed by atoms with Crippen LogP contribution in [0.3, 0.4) is 0 Å². The second kappa shape index (κ2) is 7.30. The maximum absolute atomic E-state index is 11.6. The van der Waals surface area contributed by atoms with Gasteiger partial charge in [-0.3, -0.25) is 0 Å². The summed E-state index contributed by atoms with van der Waals surface area (Å²) in [6, 6.07) is 5.46. The Labute approximate surface area is 148 Å². The highest BCUT2D eigenvalue weighted by Crippen LogP contribution is 2.43. The minimum atomic E-state index is -2.04. The Hall–Kier alpha value is -1.29. The average Bonchev–Trinajstić information content (AvgIpc) is 2.42. The first-order valence-corrected chi connectivity index (χ1v) is 11.0. The summed E-state index contributed by atoms with van der Waals surface area (Å²) in [6.07, 6.45) is 0. The molecule has 0 radical (unpaired) electrons. The lowest BCUT2D eigenvalue weighted by Gasteiger charge is -2.42. The van der Waals surface area contributed by atoms with Gasteiger partial charge in [0.1, 0.15) is 5.75 Å². The maximum atomic E-state index is 11.6. The number of aromatic carboxylic acids is 1. The average molecular weight is 351 g/mol. The van der Waals surface area contributed by atoms with E-state index >= 15 is 0 Å². The molecule has 0 heterocycles. The van der Waals surface area contributed by atoms with Crippen LogP contribution < -0.4 is 4.43 Å². The number of carbonyl (C=O) groups is 1. The van der Waals surface area contributed by atoms with Crippen LogP contribution in [-0.2, 0) is 5.41 Å². The van der Waals surface area contributed by atoms with E-state index in [9.17, 15) is 9.90 Å². The Kier molecular flexibility index (Phi) is 6.31. The quantitative estimate of drug-likeness (QED) is 0.618. The van der Waals surface area contributed by atoms with Crippen LogP contribution in [0, 0.1) is 0 Å². The van der Waals surface area contributed by atoms with Crippen LogP contribution in [0.5, 0.6) is 5.75 Å². The fraction of sp³-hybridized carbons (Fsp3) is 0.650. The van der Waals surface area contributed by atoms with Gasteiger partial charge >= 0.3 is 5.97 Å². The van der Waals surface area contributed by atoms with Crippen molar-refractivity contribution in [3.05, 3.63) is 29.3 Å². The van der Waals surface area contributed by atoms with Gasteiger partial charge in [0, 0.05) is 0 Å². The molecule has 136 valence electrons. The van der Waals surface area contributed by atoms with Crippen molar-refractivity contribution in [3.63, 3.8) is 0 Å². The second-order valence-corrected chi connectivity index (χ2v) is 14.1. The van der Waals surface area contributed by atoms with Gasteiger partial charge in [0.2, 0.25) is 0 Å². The molecule has 3 nitrogen and oxygen atoms in total. The molecule has 1 aromatic carbocycles. The normalized spacial score (nSPS) is 13.0. The smallest absolute Gasteiger partial charge is 0.335 e. The van der Waals surface area contributed by atoms with E-state index < -0.39 is 14.3 Å². The molecule has 0 aromatic heterocycles. The monoisotopic (exact) mass is 350 g/mol. The largest absolute Gasteiger partial charge is 0.543 e. The maximum Gasteiger partial charge on any atom is 0.335 e. The van der Waals surface area contributed by atoms with E-state index in [-0.39, 0.29) is 5.41 Å². The first kappa shape index (κ1) is 20.8. The summed E-state index contributed by atoms with van der Waals surface area (Å²) >= 11 is 0. The third kappa shape index (κ3) is 4.02. The lowest BCUT2D eigenvalue weighted by molar-refractivity contribution is 0.0694. The van der Waals surface area contributed by atoms with Crippen LogP contribution in [0.4, 0.5) is 0 Å². The molecule has 0 aliphatic carbocycles. The number of carboxylic acid groups (broad SMARTS) is 1. The Morgan fingerprint density at radius 1 is 1.00 bits per heavy atom. The highest BCUT2D eigenvalue weighted by Gasteiger charge is 2.47. The van der Waals surface area contributed by atoms with Crippen molar-refractivity contribution in [1.82, 2.24) is 0 Å². The topological polar surface area (TPSA) is 46.5 Å². The minimum absolute atomic E-state index is 0.245. The fourth-order valence-corrected chi connectivity index (χ4v) is 9.19. The van der Waals surface area contributed by atoms with Crippen LogP contribution in [-0.4, -0.2) is 19.4 Å². The number of carboxylic acids is 1. The van der Waals surface area contributed by atoms with E-state index in [1.54, 1.807) is 6.07 Å². The van der Waals surface area contributed by atoms with Gasteiger partial charge in [0.25, 0.3) is 8.32 Å². The predicted molar refractivity (Wildman–Crippen MR) is 104 cm³/mol. The molecule has 0 saturated heterocycles. The zero-order chi connectivity index (χ0) is 18.9. The summed E-state index contributed by atoms with van der Waals surface area (Å²) in [5, 5.41) is 9.48. The van der Waals surface area contributed by atoms with E-state index in [4.69, 9.17) is 4.43 Å². The molecular weight excluding hydrogens is 316 g/mol. The van der Waals surface area contributed by atoms with Crippen molar-refractivity contribution in [2.24, 2.45) is 0 Å². The zero-order valence-corrected chi connectivity index (χ0v) is 17.7. The standard InChI is InChI=1S/C20H34O3Si/c1-13(2)24(14(3)4,15(5)6)23-16-10-11-17(19(21)22)18(12-16)20(7,8)9/h10-15H,1-9H3,(H,21,22). The molecule has 1 N–H and O–H groups in total. The molecular formula is C20H34O3Si. The van der Waals surface area contributed by atoms with Crippen LogP contribution in [0.1, 0.15) is 78.2 Å². The summed E-state index contributed by atoms with van der Waals surface area (Å²) < 4.78 is 6.70. The first-order valence-electron chi connectivity index (χ1n) is 8.90. The van der Waals surface area contributed by atoms with Gasteiger partial charge in [-0.2, -0.15) is 0 Å². The van der Waals surface area contributed by atoms with Crippen LogP contribution in [0.25, 0.3) is 0 Å². The SMILES string of the molecule is CC(C)[Si](Oc1ccc(C(=O)O)c(C(C)(C)C)c1)(C(C)C)C(C)C. The Balaban J connectivity index is 3.44. The summed E-state index contributed by atoms with van der Waals surface area (Å²) in [4.78, 5) is 11.6. The van der Waals surface area contributed by atoms with Gasteiger partial charge in [-0.1, -0.05) is 62.3 Å². The summed E-state index contributed by atoms with van der Waals surface area (Å²) in [7, 11) is -2.04. The molecule has 1 rings (SSSR count). The van der Waals surface area contributed by atoms with Crippen molar-refractivity contribution in [3.8, 4) is 5.75 Å². The van der Waals surface area contributed by atoms with Crippen molar-refractivity contribution < 1.29 is 14.3 Å². The number of rotatable bonds is 6. The molecule has 24 heavy (non-hydrogen) atoms. The molecule has 0 amide bonds. The summed E-state index contributed by atoms with van der Waals surface area (Å²) in [5.74, 6) is -0.0701. The van der Waals surface area contributed by atoms with Crippen molar-refractivity contribution >= 4 is 14.3 Å². The molecule has 0 spiro atoms. The summed E-state index contributed by atoms with van der Waals surface area (Å²) in [6.45, 7) is 19.6. The molecule has 0 aliphatic rings. The molecule has 4 heteroatoms. The fourth-order valence-electron chi connectivity index (χ4n) is 3.95. The highest BCUT2D eigenvalue weighted by atomic mass is 28.4. The molecule has 0 bridgehead atoms. The highest BCUT2D eigenvalue weighted by molar-refractivity contribution is 6.78. The Morgan fingerprint density at radius 2 is 1.46 bits per heavy atom. The Bertz CT molecular complexity index is 561. The van der Waals surface area contributed by atoms with E-state index in [2.05, 4.69) is 41.5 Å². The Morgan fingerprint density at radius 3 is 1.79 bits per heavy atom. The van der Waals surface area contributed by atoms with Crippen molar-refractivity contribution in [1.29, 1.82) is 0 Å². The van der Waals surface area contributed by atoms with Gasteiger partial charge < -0.3 is 9.53 Å². The number of hydrogen-bond donors (Lipinski definition) is 1. The summed E-state index contributed by atoms with van der Waals surface area (Å²) in [5.41, 5.74) is 2.39. The van der Waals surface area contributed by atoms with E-state index in [0.717, 1.165) is 11.3 Å². The molecule has 0 unspecified atom stereocenters. The van der Waals surface area contributed by atoms with Crippen LogP contribution in [0.2, 0.25) is 16.6 Å². The van der Waals surface area contributed by atoms with Crippen LogP contribution in [0.15, 0.2) is 18.2 Å². The van der Waals surface area contributed by atoms with E-state index in [1.807, 2.05) is 32.9 Å². The van der Waals surface area contributed by atoms with Gasteiger partial charge in [0.15, 0.2) is 0 Å². The van der Waals surface area contributed by atoms with Crippen LogP contribution >= 0.6 is 0 Å².